The molecule has 3 rings (SSSR count). The van der Waals surface area contributed by atoms with E-state index in [1.807, 2.05) is 0 Å². The average Bonchev–Trinajstić information content (AvgIpc) is 3.01. The number of thiophene rings is 1. The molecule has 1 atom stereocenters. The molecule has 7 heteroatoms. The van der Waals surface area contributed by atoms with Crippen LogP contribution in [0, 0.1) is 0 Å². The van der Waals surface area contributed by atoms with Crippen molar-refractivity contribution in [2.24, 2.45) is 0 Å². The molecule has 1 N–H and O–H groups in total. The molecule has 27 heavy (non-hydrogen) atoms. The number of nitrogens with one attached hydrogen (secondary N) is 1. The first-order chi connectivity index (χ1) is 13.0. The standard InChI is InChI=1S/C20H22ClNO4S/c1-3-25-20(24)17-15-6-4-5-7-16(15)27-19(17)22-18(23)12(2)26-14-10-8-13(21)9-11-14/h8-12H,3-7H2,1-2H3,(H,22,23)/t12-/m0/s1. The minimum Gasteiger partial charge on any atom is -0.481 e. The van der Waals surface area contributed by atoms with Crippen molar-refractivity contribution in [1.29, 1.82) is 0 Å². The lowest BCUT2D eigenvalue weighted by atomic mass is 9.95. The zero-order chi connectivity index (χ0) is 19.4. The Labute approximate surface area is 167 Å². The molecule has 0 bridgehead atoms. The number of anilines is 1. The van der Waals surface area contributed by atoms with Gasteiger partial charge in [0.2, 0.25) is 0 Å². The van der Waals surface area contributed by atoms with E-state index in [-0.39, 0.29) is 11.9 Å². The quantitative estimate of drug-likeness (QED) is 0.694. The molecule has 0 aliphatic heterocycles. The van der Waals surface area contributed by atoms with E-state index in [1.165, 1.54) is 11.3 Å². The van der Waals surface area contributed by atoms with Crippen molar-refractivity contribution in [3.8, 4) is 5.75 Å². The average molecular weight is 408 g/mol. The van der Waals surface area contributed by atoms with E-state index in [0.717, 1.165) is 36.1 Å². The second-order valence-electron chi connectivity index (χ2n) is 6.34. The molecule has 144 valence electrons. The van der Waals surface area contributed by atoms with Gasteiger partial charge in [0.15, 0.2) is 6.10 Å². The van der Waals surface area contributed by atoms with E-state index in [4.69, 9.17) is 21.1 Å². The van der Waals surface area contributed by atoms with Gasteiger partial charge >= 0.3 is 5.97 Å². The highest BCUT2D eigenvalue weighted by atomic mass is 35.5. The summed E-state index contributed by atoms with van der Waals surface area (Å²) in [4.78, 5) is 26.2. The lowest BCUT2D eigenvalue weighted by Crippen LogP contribution is -2.30. The third-order valence-corrected chi connectivity index (χ3v) is 5.84. The normalized spacial score (nSPS) is 14.2. The summed E-state index contributed by atoms with van der Waals surface area (Å²) >= 11 is 7.33. The van der Waals surface area contributed by atoms with Gasteiger partial charge in [-0.05, 0) is 69.4 Å². The number of carbonyl (C=O) groups is 2. The van der Waals surface area contributed by atoms with Crippen LogP contribution in [-0.2, 0) is 22.4 Å². The number of carbonyl (C=O) groups excluding carboxylic acids is 2. The lowest BCUT2D eigenvalue weighted by molar-refractivity contribution is -0.122. The first kappa shape index (κ1) is 19.7. The van der Waals surface area contributed by atoms with Crippen molar-refractivity contribution in [3.63, 3.8) is 0 Å². The van der Waals surface area contributed by atoms with E-state index in [0.29, 0.717) is 27.9 Å². The van der Waals surface area contributed by atoms with Crippen LogP contribution in [0.15, 0.2) is 24.3 Å². The minimum atomic E-state index is -0.722. The maximum absolute atomic E-state index is 12.6. The van der Waals surface area contributed by atoms with Crippen LogP contribution in [0.25, 0.3) is 0 Å². The highest BCUT2D eigenvalue weighted by Gasteiger charge is 2.28. The first-order valence-electron chi connectivity index (χ1n) is 9.04. The molecule has 5 nitrogen and oxygen atoms in total. The highest BCUT2D eigenvalue weighted by Crippen LogP contribution is 2.38. The fourth-order valence-corrected chi connectivity index (χ4v) is 4.46. The molecule has 0 saturated carbocycles. The topological polar surface area (TPSA) is 64.6 Å². The summed E-state index contributed by atoms with van der Waals surface area (Å²) in [6.07, 6.45) is 3.19. The Morgan fingerprint density at radius 2 is 1.93 bits per heavy atom. The van der Waals surface area contributed by atoms with E-state index in [2.05, 4.69) is 5.32 Å². The monoisotopic (exact) mass is 407 g/mol. The summed E-state index contributed by atoms with van der Waals surface area (Å²) in [6, 6.07) is 6.82. The van der Waals surface area contributed by atoms with E-state index >= 15 is 0 Å². The van der Waals surface area contributed by atoms with Gasteiger partial charge in [0, 0.05) is 9.90 Å². The molecule has 0 unspecified atom stereocenters. The van der Waals surface area contributed by atoms with Crippen LogP contribution in [0.4, 0.5) is 5.00 Å². The van der Waals surface area contributed by atoms with Gasteiger partial charge in [0.25, 0.3) is 5.91 Å². The van der Waals surface area contributed by atoms with Gasteiger partial charge in [0.1, 0.15) is 10.8 Å². The zero-order valence-corrected chi connectivity index (χ0v) is 16.9. The highest BCUT2D eigenvalue weighted by molar-refractivity contribution is 7.17. The van der Waals surface area contributed by atoms with Gasteiger partial charge in [-0.2, -0.15) is 0 Å². The van der Waals surface area contributed by atoms with Crippen molar-refractivity contribution in [2.45, 2.75) is 45.6 Å². The number of esters is 1. The zero-order valence-electron chi connectivity index (χ0n) is 15.3. The van der Waals surface area contributed by atoms with Crippen LogP contribution >= 0.6 is 22.9 Å². The summed E-state index contributed by atoms with van der Waals surface area (Å²) in [5.74, 6) is -0.134. The molecule has 1 aliphatic rings. The van der Waals surface area contributed by atoms with Gasteiger partial charge in [-0.3, -0.25) is 4.79 Å². The lowest BCUT2D eigenvalue weighted by Gasteiger charge is -2.15. The Morgan fingerprint density at radius 3 is 2.63 bits per heavy atom. The second kappa shape index (κ2) is 8.76. The Hall–Kier alpha value is -2.05. The molecule has 1 aromatic heterocycles. The van der Waals surface area contributed by atoms with Gasteiger partial charge in [-0.1, -0.05) is 11.6 Å². The number of fused-ring (bicyclic) bond motifs is 1. The number of hydrogen-bond donors (Lipinski definition) is 1. The summed E-state index contributed by atoms with van der Waals surface area (Å²) in [6.45, 7) is 3.74. The number of rotatable bonds is 6. The number of benzene rings is 1. The van der Waals surface area contributed by atoms with Gasteiger partial charge in [-0.15, -0.1) is 11.3 Å². The summed E-state index contributed by atoms with van der Waals surface area (Å²) < 4.78 is 10.9. The summed E-state index contributed by atoms with van der Waals surface area (Å²) in [5, 5.41) is 4.02. The molecule has 0 radical (unpaired) electrons. The first-order valence-corrected chi connectivity index (χ1v) is 10.2. The molecular formula is C20H22ClNO4S. The number of hydrogen-bond acceptors (Lipinski definition) is 5. The fraction of sp³-hybridized carbons (Fsp3) is 0.400. The predicted molar refractivity (Wildman–Crippen MR) is 107 cm³/mol. The molecule has 1 amide bonds. The maximum Gasteiger partial charge on any atom is 0.341 e. The van der Waals surface area contributed by atoms with Crippen LogP contribution in [0.5, 0.6) is 5.75 Å². The van der Waals surface area contributed by atoms with Crippen molar-refractivity contribution in [3.05, 3.63) is 45.3 Å². The van der Waals surface area contributed by atoms with Gasteiger partial charge in [-0.25, -0.2) is 4.79 Å². The molecule has 0 saturated heterocycles. The maximum atomic E-state index is 12.6. The SMILES string of the molecule is CCOC(=O)c1c(NC(=O)[C@H](C)Oc2ccc(Cl)cc2)sc2c1CCCC2. The van der Waals surface area contributed by atoms with Crippen molar-refractivity contribution < 1.29 is 19.1 Å². The molecule has 1 aliphatic carbocycles. The van der Waals surface area contributed by atoms with Crippen LogP contribution in [0.1, 0.15) is 47.5 Å². The van der Waals surface area contributed by atoms with E-state index in [9.17, 15) is 9.59 Å². The number of amides is 1. The molecular weight excluding hydrogens is 386 g/mol. The van der Waals surface area contributed by atoms with Crippen LogP contribution in [0.3, 0.4) is 0 Å². The Bertz CT molecular complexity index is 831. The number of halogens is 1. The predicted octanol–water partition coefficient (Wildman–Crippen LogP) is 4.86. The molecule has 1 heterocycles. The Balaban J connectivity index is 1.77. The van der Waals surface area contributed by atoms with E-state index < -0.39 is 6.10 Å². The van der Waals surface area contributed by atoms with Crippen LogP contribution in [0.2, 0.25) is 5.02 Å². The second-order valence-corrected chi connectivity index (χ2v) is 7.88. The third-order valence-electron chi connectivity index (χ3n) is 4.38. The van der Waals surface area contributed by atoms with Crippen molar-refractivity contribution in [1.82, 2.24) is 0 Å². The van der Waals surface area contributed by atoms with Gasteiger partial charge in [0.05, 0.1) is 12.2 Å². The third kappa shape index (κ3) is 4.62. The van der Waals surface area contributed by atoms with Crippen molar-refractivity contribution in [2.75, 3.05) is 11.9 Å². The number of ether oxygens (including phenoxy) is 2. The van der Waals surface area contributed by atoms with E-state index in [1.54, 1.807) is 38.1 Å². The minimum absolute atomic E-state index is 0.299. The fourth-order valence-electron chi connectivity index (χ4n) is 3.06. The van der Waals surface area contributed by atoms with Gasteiger partial charge < -0.3 is 14.8 Å². The molecule has 1 aromatic carbocycles. The van der Waals surface area contributed by atoms with Crippen LogP contribution < -0.4 is 10.1 Å². The Morgan fingerprint density at radius 1 is 1.22 bits per heavy atom. The molecule has 0 spiro atoms. The summed E-state index contributed by atoms with van der Waals surface area (Å²) in [7, 11) is 0. The van der Waals surface area contributed by atoms with Crippen molar-refractivity contribution >= 4 is 39.8 Å². The largest absolute Gasteiger partial charge is 0.481 e. The molecule has 0 fully saturated rings. The summed E-state index contributed by atoms with van der Waals surface area (Å²) in [5.41, 5.74) is 1.52. The van der Waals surface area contributed by atoms with Crippen LogP contribution in [-0.4, -0.2) is 24.6 Å². The Kier molecular flexibility index (Phi) is 6.39. The number of aryl methyl sites for hydroxylation is 1. The molecule has 2 aromatic rings. The smallest absolute Gasteiger partial charge is 0.341 e.